The van der Waals surface area contributed by atoms with E-state index in [1.807, 2.05) is 17.8 Å². The normalized spacial score (nSPS) is 20.1. The molecule has 0 aliphatic carbocycles. The Morgan fingerprint density at radius 1 is 1.59 bits per heavy atom. The van der Waals surface area contributed by atoms with Crippen molar-refractivity contribution in [2.24, 2.45) is 0 Å². The van der Waals surface area contributed by atoms with Gasteiger partial charge in [-0.05, 0) is 30.7 Å². The zero-order chi connectivity index (χ0) is 12.1. The van der Waals surface area contributed by atoms with Crippen molar-refractivity contribution in [3.63, 3.8) is 0 Å². The van der Waals surface area contributed by atoms with Crippen LogP contribution >= 0.6 is 11.8 Å². The minimum atomic E-state index is -0.972. The van der Waals surface area contributed by atoms with Crippen LogP contribution in [0.25, 0.3) is 0 Å². The van der Waals surface area contributed by atoms with Crippen LogP contribution in [0, 0.1) is 0 Å². The maximum Gasteiger partial charge on any atom is 0.354 e. The Morgan fingerprint density at radius 2 is 2.47 bits per heavy atom. The molecule has 1 aromatic heterocycles. The fraction of sp³-hybridized carbons (Fsp3) is 0.500. The summed E-state index contributed by atoms with van der Waals surface area (Å²) in [6, 6.07) is 5.64. The third-order valence-corrected chi connectivity index (χ3v) is 3.97. The van der Waals surface area contributed by atoms with E-state index in [4.69, 9.17) is 5.11 Å². The molecule has 92 valence electrons. The number of carbonyl (C=O) groups is 1. The molecule has 2 heterocycles. The third kappa shape index (κ3) is 3.71. The molecule has 1 saturated heterocycles. The summed E-state index contributed by atoms with van der Waals surface area (Å²) in [6.45, 7) is 0.645. The maximum atomic E-state index is 10.8. The van der Waals surface area contributed by atoms with E-state index in [-0.39, 0.29) is 5.69 Å². The summed E-state index contributed by atoms with van der Waals surface area (Å²) >= 11 is 1.97. The van der Waals surface area contributed by atoms with Gasteiger partial charge in [0.05, 0.1) is 5.69 Å². The largest absolute Gasteiger partial charge is 0.477 e. The molecule has 1 aromatic rings. The van der Waals surface area contributed by atoms with Crippen LogP contribution in [0.5, 0.6) is 0 Å². The molecular formula is C12H16N2O2S. The van der Waals surface area contributed by atoms with Gasteiger partial charge in [-0.1, -0.05) is 6.07 Å². The Kier molecular flexibility index (Phi) is 4.39. The van der Waals surface area contributed by atoms with Crippen LogP contribution < -0.4 is 5.32 Å². The molecule has 2 rings (SSSR count). The van der Waals surface area contributed by atoms with Crippen LogP contribution in [0.4, 0.5) is 0 Å². The summed E-state index contributed by atoms with van der Waals surface area (Å²) in [5.74, 6) is 1.42. The minimum Gasteiger partial charge on any atom is -0.477 e. The van der Waals surface area contributed by atoms with Gasteiger partial charge in [0.2, 0.25) is 0 Å². The van der Waals surface area contributed by atoms with Crippen LogP contribution in [-0.4, -0.2) is 33.6 Å². The van der Waals surface area contributed by atoms with Crippen molar-refractivity contribution in [2.45, 2.75) is 25.4 Å². The monoisotopic (exact) mass is 252 g/mol. The molecule has 1 fully saturated rings. The average Bonchev–Trinajstić information content (AvgIpc) is 2.38. The molecule has 0 radical (unpaired) electrons. The van der Waals surface area contributed by atoms with Gasteiger partial charge < -0.3 is 10.4 Å². The standard InChI is InChI=1S/C12H16N2O2S/c15-12(16)11-5-1-3-9(14-11)7-13-10-4-2-6-17-8-10/h1,3,5,10,13H,2,4,6-8H2,(H,15,16). The number of nitrogens with one attached hydrogen (secondary N) is 1. The van der Waals surface area contributed by atoms with E-state index in [2.05, 4.69) is 10.3 Å². The van der Waals surface area contributed by atoms with E-state index in [0.29, 0.717) is 12.6 Å². The Balaban J connectivity index is 1.89. The van der Waals surface area contributed by atoms with E-state index < -0.39 is 5.97 Å². The van der Waals surface area contributed by atoms with Crippen molar-refractivity contribution in [2.75, 3.05) is 11.5 Å². The number of rotatable bonds is 4. The molecule has 1 unspecified atom stereocenters. The highest BCUT2D eigenvalue weighted by Gasteiger charge is 2.13. The van der Waals surface area contributed by atoms with Crippen molar-refractivity contribution < 1.29 is 9.90 Å². The molecular weight excluding hydrogens is 236 g/mol. The van der Waals surface area contributed by atoms with Crippen molar-refractivity contribution in [1.29, 1.82) is 0 Å². The first kappa shape index (κ1) is 12.4. The number of carboxylic acid groups (broad SMARTS) is 1. The van der Waals surface area contributed by atoms with Crippen LogP contribution in [-0.2, 0) is 6.54 Å². The minimum absolute atomic E-state index is 0.113. The second kappa shape index (κ2) is 6.02. The summed E-state index contributed by atoms with van der Waals surface area (Å²) < 4.78 is 0. The first-order valence-electron chi connectivity index (χ1n) is 5.76. The molecule has 1 atom stereocenters. The molecule has 17 heavy (non-hydrogen) atoms. The Hall–Kier alpha value is -1.07. The Labute approximate surface area is 105 Å². The molecule has 0 amide bonds. The summed E-state index contributed by atoms with van der Waals surface area (Å²) in [5, 5.41) is 12.3. The molecule has 4 nitrogen and oxygen atoms in total. The molecule has 2 N–H and O–H groups in total. The zero-order valence-corrected chi connectivity index (χ0v) is 10.4. The highest BCUT2D eigenvalue weighted by atomic mass is 32.2. The predicted molar refractivity (Wildman–Crippen MR) is 68.4 cm³/mol. The highest BCUT2D eigenvalue weighted by Crippen LogP contribution is 2.17. The quantitative estimate of drug-likeness (QED) is 0.855. The molecule has 5 heteroatoms. The van der Waals surface area contributed by atoms with E-state index >= 15 is 0 Å². The van der Waals surface area contributed by atoms with Crippen LogP contribution in [0.1, 0.15) is 29.0 Å². The fourth-order valence-electron chi connectivity index (χ4n) is 1.85. The number of carboxylic acids is 1. The van der Waals surface area contributed by atoms with E-state index in [1.54, 1.807) is 6.07 Å². The first-order chi connectivity index (χ1) is 8.25. The number of nitrogens with zero attached hydrogens (tertiary/aromatic N) is 1. The number of thioether (sulfide) groups is 1. The highest BCUT2D eigenvalue weighted by molar-refractivity contribution is 7.99. The topological polar surface area (TPSA) is 62.2 Å². The third-order valence-electron chi connectivity index (χ3n) is 2.76. The second-order valence-corrected chi connectivity index (χ2v) is 5.26. The second-order valence-electron chi connectivity index (χ2n) is 4.11. The van der Waals surface area contributed by atoms with E-state index in [1.165, 1.54) is 24.7 Å². The number of hydrogen-bond acceptors (Lipinski definition) is 4. The van der Waals surface area contributed by atoms with Gasteiger partial charge in [0.25, 0.3) is 0 Å². The first-order valence-corrected chi connectivity index (χ1v) is 6.91. The van der Waals surface area contributed by atoms with Gasteiger partial charge in [0, 0.05) is 18.3 Å². The molecule has 1 aliphatic heterocycles. The number of aromatic carboxylic acids is 1. The SMILES string of the molecule is O=C(O)c1cccc(CNC2CCCSC2)n1. The van der Waals surface area contributed by atoms with Gasteiger partial charge in [0.1, 0.15) is 5.69 Å². The maximum absolute atomic E-state index is 10.8. The zero-order valence-electron chi connectivity index (χ0n) is 9.56. The Morgan fingerprint density at radius 3 is 3.18 bits per heavy atom. The summed E-state index contributed by atoms with van der Waals surface area (Å²) in [4.78, 5) is 14.9. The number of aromatic nitrogens is 1. The van der Waals surface area contributed by atoms with Gasteiger partial charge in [-0.3, -0.25) is 0 Å². The lowest BCUT2D eigenvalue weighted by Gasteiger charge is -2.22. The fourth-order valence-corrected chi connectivity index (χ4v) is 2.95. The van der Waals surface area contributed by atoms with Gasteiger partial charge >= 0.3 is 5.97 Å². The Bertz CT molecular complexity index is 392. The lowest BCUT2D eigenvalue weighted by molar-refractivity contribution is 0.0690. The van der Waals surface area contributed by atoms with E-state index in [9.17, 15) is 4.79 Å². The molecule has 1 aliphatic rings. The van der Waals surface area contributed by atoms with Crippen molar-refractivity contribution in [3.8, 4) is 0 Å². The lowest BCUT2D eigenvalue weighted by atomic mass is 10.2. The molecule has 0 saturated carbocycles. The van der Waals surface area contributed by atoms with Gasteiger partial charge in [-0.15, -0.1) is 0 Å². The van der Waals surface area contributed by atoms with Crippen molar-refractivity contribution >= 4 is 17.7 Å². The van der Waals surface area contributed by atoms with Crippen LogP contribution in [0.2, 0.25) is 0 Å². The van der Waals surface area contributed by atoms with Gasteiger partial charge in [-0.25, -0.2) is 9.78 Å². The predicted octanol–water partition coefficient (Wildman–Crippen LogP) is 1.76. The molecule has 0 spiro atoms. The van der Waals surface area contributed by atoms with Gasteiger partial charge in [-0.2, -0.15) is 11.8 Å². The molecule has 0 bridgehead atoms. The number of hydrogen-bond donors (Lipinski definition) is 2. The van der Waals surface area contributed by atoms with Crippen LogP contribution in [0.3, 0.4) is 0 Å². The smallest absolute Gasteiger partial charge is 0.354 e. The number of pyridine rings is 1. The summed E-state index contributed by atoms with van der Waals surface area (Å²) in [7, 11) is 0. The van der Waals surface area contributed by atoms with Gasteiger partial charge in [0.15, 0.2) is 0 Å². The van der Waals surface area contributed by atoms with Crippen molar-refractivity contribution in [3.05, 3.63) is 29.6 Å². The molecule has 0 aromatic carbocycles. The summed E-state index contributed by atoms with van der Waals surface area (Å²) in [5.41, 5.74) is 0.905. The van der Waals surface area contributed by atoms with Crippen LogP contribution in [0.15, 0.2) is 18.2 Å². The average molecular weight is 252 g/mol. The lowest BCUT2D eigenvalue weighted by Crippen LogP contribution is -2.33. The summed E-state index contributed by atoms with van der Waals surface area (Å²) in [6.07, 6.45) is 2.45. The van der Waals surface area contributed by atoms with Crippen molar-refractivity contribution in [1.82, 2.24) is 10.3 Å². The van der Waals surface area contributed by atoms with E-state index in [0.717, 1.165) is 11.4 Å².